The van der Waals surface area contributed by atoms with Gasteiger partial charge in [-0.15, -0.1) is 0 Å². The van der Waals surface area contributed by atoms with Crippen LogP contribution in [0, 0.1) is 10.8 Å². The minimum absolute atomic E-state index is 0.110. The molecule has 12 heteroatoms. The van der Waals surface area contributed by atoms with Gasteiger partial charge in [-0.1, -0.05) is 71.9 Å². The highest BCUT2D eigenvalue weighted by Crippen LogP contribution is 2.55. The Morgan fingerprint density at radius 2 is 1.24 bits per heavy atom. The SMILES string of the molecule is CC(C)(C)OC(=O)CCOCC(NCCCCC(=O)OCc1ccccc1)(C(O)(CCC(=O)O)CCC(=O)O)C(O)(C(C)(C)C)C(C)(C)C. The summed E-state index contributed by atoms with van der Waals surface area (Å²) in [4.78, 5) is 48.7. The lowest BCUT2D eigenvalue weighted by Gasteiger charge is -2.65. The first-order valence-electron chi connectivity index (χ1n) is 17.0. The van der Waals surface area contributed by atoms with Crippen molar-refractivity contribution in [2.45, 2.75) is 143 Å². The fourth-order valence-electron chi connectivity index (χ4n) is 6.78. The van der Waals surface area contributed by atoms with E-state index in [1.54, 1.807) is 62.3 Å². The van der Waals surface area contributed by atoms with Gasteiger partial charge in [0.25, 0.3) is 0 Å². The van der Waals surface area contributed by atoms with E-state index in [2.05, 4.69) is 5.32 Å². The second-order valence-corrected chi connectivity index (χ2v) is 15.9. The number of aliphatic carboxylic acids is 2. The van der Waals surface area contributed by atoms with Crippen LogP contribution in [0.2, 0.25) is 0 Å². The largest absolute Gasteiger partial charge is 0.481 e. The molecular formula is C37H61NO11. The van der Waals surface area contributed by atoms with Crippen LogP contribution in [0.3, 0.4) is 0 Å². The molecule has 1 unspecified atom stereocenters. The van der Waals surface area contributed by atoms with Gasteiger partial charge in [0.05, 0.1) is 30.8 Å². The highest BCUT2D eigenvalue weighted by Gasteiger charge is 2.69. The van der Waals surface area contributed by atoms with Gasteiger partial charge in [0.15, 0.2) is 0 Å². The molecular weight excluding hydrogens is 634 g/mol. The molecule has 12 nitrogen and oxygen atoms in total. The van der Waals surface area contributed by atoms with Crippen molar-refractivity contribution in [3.63, 3.8) is 0 Å². The number of aliphatic hydroxyl groups is 2. The standard InChI is InChI=1S/C37H61NO11/c1-32(2,3)37(46,33(4,5)6)36(26-47-24-20-31(44)49-34(7,8)9,35(45,21-18-28(39)40)22-19-29(41)42)38-23-14-13-17-30(43)48-25-27-15-11-10-12-16-27/h10-12,15-16,38,45-46H,13-14,17-26H2,1-9H3,(H,39,40)(H,41,42). The second kappa shape index (κ2) is 18.3. The third-order valence-electron chi connectivity index (χ3n) is 8.75. The van der Waals surface area contributed by atoms with E-state index in [4.69, 9.17) is 14.2 Å². The zero-order valence-corrected chi connectivity index (χ0v) is 31.0. The van der Waals surface area contributed by atoms with Crippen LogP contribution in [-0.2, 0) is 40.0 Å². The smallest absolute Gasteiger partial charge is 0.308 e. The molecule has 49 heavy (non-hydrogen) atoms. The predicted molar refractivity (Wildman–Crippen MR) is 185 cm³/mol. The third kappa shape index (κ3) is 13.0. The number of carboxylic acids is 2. The quantitative estimate of drug-likeness (QED) is 0.0830. The normalized spacial score (nSPS) is 14.2. The number of carboxylic acid groups (broad SMARTS) is 2. The van der Waals surface area contributed by atoms with E-state index in [-0.39, 0.29) is 38.6 Å². The van der Waals surface area contributed by atoms with E-state index in [1.165, 1.54) is 0 Å². The Kier molecular flexibility index (Phi) is 16.4. The molecule has 1 atom stereocenters. The van der Waals surface area contributed by atoms with Crippen LogP contribution in [0.1, 0.15) is 119 Å². The molecule has 1 aromatic carbocycles. The zero-order valence-electron chi connectivity index (χ0n) is 31.0. The Balaban J connectivity index is 3.55. The van der Waals surface area contributed by atoms with Gasteiger partial charge in [0.2, 0.25) is 0 Å². The summed E-state index contributed by atoms with van der Waals surface area (Å²) >= 11 is 0. The summed E-state index contributed by atoms with van der Waals surface area (Å²) in [6, 6.07) is 9.29. The fraction of sp³-hybridized carbons (Fsp3) is 0.730. The molecule has 0 aliphatic heterocycles. The van der Waals surface area contributed by atoms with E-state index >= 15 is 0 Å². The number of ether oxygens (including phenoxy) is 3. The van der Waals surface area contributed by atoms with Crippen molar-refractivity contribution >= 4 is 23.9 Å². The van der Waals surface area contributed by atoms with E-state index in [0.717, 1.165) is 5.56 Å². The number of unbranched alkanes of at least 4 members (excludes halogenated alkanes) is 1. The van der Waals surface area contributed by atoms with Crippen LogP contribution in [-0.4, -0.2) is 86.4 Å². The van der Waals surface area contributed by atoms with Crippen molar-refractivity contribution in [2.24, 2.45) is 10.8 Å². The maximum Gasteiger partial charge on any atom is 0.308 e. The van der Waals surface area contributed by atoms with Crippen molar-refractivity contribution in [3.05, 3.63) is 35.9 Å². The van der Waals surface area contributed by atoms with Crippen molar-refractivity contribution < 1.29 is 53.8 Å². The maximum absolute atomic E-state index is 13.1. The van der Waals surface area contributed by atoms with Crippen LogP contribution < -0.4 is 5.32 Å². The van der Waals surface area contributed by atoms with Crippen LogP contribution >= 0.6 is 0 Å². The maximum atomic E-state index is 13.1. The summed E-state index contributed by atoms with van der Waals surface area (Å²) in [5.41, 5.74) is -7.77. The summed E-state index contributed by atoms with van der Waals surface area (Å²) < 4.78 is 16.9. The third-order valence-corrected chi connectivity index (χ3v) is 8.75. The van der Waals surface area contributed by atoms with Crippen LogP contribution in [0.5, 0.6) is 0 Å². The number of nitrogens with one attached hydrogen (secondary N) is 1. The first kappa shape index (κ1) is 44.0. The van der Waals surface area contributed by atoms with Crippen molar-refractivity contribution in [1.82, 2.24) is 5.32 Å². The van der Waals surface area contributed by atoms with Crippen LogP contribution in [0.25, 0.3) is 0 Å². The lowest BCUT2D eigenvalue weighted by atomic mass is 9.49. The Morgan fingerprint density at radius 3 is 1.71 bits per heavy atom. The van der Waals surface area contributed by atoms with Crippen LogP contribution in [0.4, 0.5) is 0 Å². The van der Waals surface area contributed by atoms with Gasteiger partial charge in [-0.3, -0.25) is 19.2 Å². The topological polar surface area (TPSA) is 189 Å². The van der Waals surface area contributed by atoms with E-state index in [9.17, 15) is 39.6 Å². The highest BCUT2D eigenvalue weighted by atomic mass is 16.6. The van der Waals surface area contributed by atoms with E-state index < -0.39 is 83.4 Å². The number of carbonyl (C=O) groups excluding carboxylic acids is 2. The molecule has 0 radical (unpaired) electrons. The number of hydrogen-bond donors (Lipinski definition) is 5. The molecule has 1 rings (SSSR count). The summed E-state index contributed by atoms with van der Waals surface area (Å²) in [5.74, 6) is -3.32. The molecule has 0 fully saturated rings. The van der Waals surface area contributed by atoms with Gasteiger partial charge in [0, 0.05) is 19.3 Å². The molecule has 0 aliphatic rings. The number of benzene rings is 1. The first-order chi connectivity index (χ1) is 22.4. The lowest BCUT2D eigenvalue weighted by Crippen LogP contribution is -2.83. The van der Waals surface area contributed by atoms with Crippen molar-refractivity contribution in [2.75, 3.05) is 19.8 Å². The first-order valence-corrected chi connectivity index (χ1v) is 17.0. The Hall–Kier alpha value is -3.06. The average Bonchev–Trinajstić information content (AvgIpc) is 2.97. The van der Waals surface area contributed by atoms with E-state index in [0.29, 0.717) is 12.8 Å². The second-order valence-electron chi connectivity index (χ2n) is 15.9. The number of rotatable bonds is 21. The Labute approximate surface area is 291 Å². The molecule has 5 N–H and O–H groups in total. The summed E-state index contributed by atoms with van der Waals surface area (Å²) in [6.45, 7) is 15.6. The van der Waals surface area contributed by atoms with Gasteiger partial charge < -0.3 is 40.0 Å². The van der Waals surface area contributed by atoms with Gasteiger partial charge >= 0.3 is 23.9 Å². The molecule has 280 valence electrons. The zero-order chi connectivity index (χ0) is 37.7. The predicted octanol–water partition coefficient (Wildman–Crippen LogP) is 5.26. The highest BCUT2D eigenvalue weighted by molar-refractivity contribution is 5.70. The Morgan fingerprint density at radius 1 is 0.714 bits per heavy atom. The summed E-state index contributed by atoms with van der Waals surface area (Å²) in [6.07, 6.45) is -1.09. The van der Waals surface area contributed by atoms with Crippen LogP contribution in [0.15, 0.2) is 30.3 Å². The minimum Gasteiger partial charge on any atom is -0.481 e. The molecule has 0 aliphatic carbocycles. The molecule has 0 saturated heterocycles. The molecule has 0 amide bonds. The van der Waals surface area contributed by atoms with E-state index in [1.807, 2.05) is 30.3 Å². The summed E-state index contributed by atoms with van der Waals surface area (Å²) in [7, 11) is 0. The average molecular weight is 696 g/mol. The fourth-order valence-corrected chi connectivity index (χ4v) is 6.78. The van der Waals surface area contributed by atoms with Crippen molar-refractivity contribution in [3.8, 4) is 0 Å². The molecule has 0 aromatic heterocycles. The van der Waals surface area contributed by atoms with Gasteiger partial charge in [-0.05, 0) is 69.4 Å². The van der Waals surface area contributed by atoms with Gasteiger partial charge in [-0.2, -0.15) is 0 Å². The van der Waals surface area contributed by atoms with Crippen molar-refractivity contribution in [1.29, 1.82) is 0 Å². The number of esters is 2. The minimum atomic E-state index is -2.14. The number of hydrogen-bond acceptors (Lipinski definition) is 10. The Bertz CT molecular complexity index is 1180. The van der Waals surface area contributed by atoms with Gasteiger partial charge in [0.1, 0.15) is 17.7 Å². The molecule has 0 bridgehead atoms. The molecule has 1 aromatic rings. The monoisotopic (exact) mass is 695 g/mol. The summed E-state index contributed by atoms with van der Waals surface area (Å²) in [5, 5.41) is 48.5. The lowest BCUT2D eigenvalue weighted by molar-refractivity contribution is -0.264. The molecule has 0 heterocycles. The molecule has 0 saturated carbocycles. The van der Waals surface area contributed by atoms with Gasteiger partial charge in [-0.25, -0.2) is 0 Å². The number of carbonyl (C=O) groups is 4. The molecule has 0 spiro atoms.